The number of rotatable bonds is 12. The fraction of sp³-hybridized carbons (Fsp3) is 0.312. The third-order valence-electron chi connectivity index (χ3n) is 6.90. The highest BCUT2D eigenvalue weighted by Gasteiger charge is 2.46. The first-order valence-electron chi connectivity index (χ1n) is 13.5. The van der Waals surface area contributed by atoms with Crippen LogP contribution in [0.2, 0.25) is 0 Å². The summed E-state index contributed by atoms with van der Waals surface area (Å²) in [5.41, 5.74) is 1.21. The maximum absolute atomic E-state index is 13.4. The Kier molecular flexibility index (Phi) is 9.39. The highest BCUT2D eigenvalue weighted by atomic mass is 16.5. The second-order valence-corrected chi connectivity index (χ2v) is 9.32. The van der Waals surface area contributed by atoms with Crippen molar-refractivity contribution in [3.05, 3.63) is 95.6 Å². The first-order chi connectivity index (χ1) is 19.0. The first kappa shape index (κ1) is 27.9. The molecule has 3 aromatic rings. The lowest BCUT2D eigenvalue weighted by atomic mass is 9.95. The summed E-state index contributed by atoms with van der Waals surface area (Å²) in [6.45, 7) is 9.63. The molecule has 7 heteroatoms. The van der Waals surface area contributed by atoms with Crippen LogP contribution in [0.15, 0.2) is 84.4 Å². The highest BCUT2D eigenvalue weighted by molar-refractivity contribution is 6.46. The van der Waals surface area contributed by atoms with Gasteiger partial charge in [0, 0.05) is 12.1 Å². The van der Waals surface area contributed by atoms with Crippen molar-refractivity contribution < 1.29 is 24.2 Å². The summed E-state index contributed by atoms with van der Waals surface area (Å²) >= 11 is 0. The summed E-state index contributed by atoms with van der Waals surface area (Å²) in [6, 6.07) is 22.9. The minimum absolute atomic E-state index is 0.0730. The summed E-state index contributed by atoms with van der Waals surface area (Å²) in [5, 5.41) is 11.4. The van der Waals surface area contributed by atoms with E-state index < -0.39 is 17.7 Å². The van der Waals surface area contributed by atoms with Crippen LogP contribution >= 0.6 is 0 Å². The van der Waals surface area contributed by atoms with Gasteiger partial charge in [0.05, 0.1) is 18.2 Å². The van der Waals surface area contributed by atoms with Crippen molar-refractivity contribution in [2.75, 3.05) is 32.8 Å². The average molecular weight is 529 g/mol. The fourth-order valence-electron chi connectivity index (χ4n) is 4.87. The number of nitrogens with zero attached hydrogens (tertiary/aromatic N) is 2. The van der Waals surface area contributed by atoms with E-state index in [2.05, 4.69) is 18.7 Å². The normalized spacial score (nSPS) is 16.6. The number of ketones is 1. The second-order valence-electron chi connectivity index (χ2n) is 9.32. The van der Waals surface area contributed by atoms with Gasteiger partial charge in [-0.25, -0.2) is 0 Å². The zero-order valence-corrected chi connectivity index (χ0v) is 22.8. The van der Waals surface area contributed by atoms with E-state index in [9.17, 15) is 14.7 Å². The molecule has 7 nitrogen and oxygen atoms in total. The molecular formula is C32H36N2O5. The number of aliphatic hydroxyl groups excluding tert-OH is 1. The van der Waals surface area contributed by atoms with E-state index in [4.69, 9.17) is 9.47 Å². The number of hydrogen-bond acceptors (Lipinski definition) is 6. The van der Waals surface area contributed by atoms with E-state index in [0.29, 0.717) is 47.9 Å². The molecule has 4 rings (SSSR count). The lowest BCUT2D eigenvalue weighted by molar-refractivity contribution is -0.140. The molecule has 1 unspecified atom stereocenters. The zero-order chi connectivity index (χ0) is 27.8. The molecule has 1 N–H and O–H groups in total. The number of carbonyl (C=O) groups excluding carboxylic acids is 2. The predicted molar refractivity (Wildman–Crippen MR) is 152 cm³/mol. The van der Waals surface area contributed by atoms with Gasteiger partial charge < -0.3 is 24.4 Å². The van der Waals surface area contributed by atoms with Gasteiger partial charge in [0.15, 0.2) is 0 Å². The van der Waals surface area contributed by atoms with E-state index >= 15 is 0 Å². The molecular weight excluding hydrogens is 492 g/mol. The van der Waals surface area contributed by atoms with Gasteiger partial charge in [0.1, 0.15) is 23.0 Å². The minimum atomic E-state index is -0.743. The van der Waals surface area contributed by atoms with Crippen molar-refractivity contribution in [1.29, 1.82) is 0 Å². The third kappa shape index (κ3) is 6.49. The summed E-state index contributed by atoms with van der Waals surface area (Å²) in [5.74, 6) is 0.408. The number of amides is 1. The quantitative estimate of drug-likeness (QED) is 0.176. The lowest BCUT2D eigenvalue weighted by Crippen LogP contribution is -2.33. The largest absolute Gasteiger partial charge is 0.507 e. The molecule has 0 saturated carbocycles. The Labute approximate surface area is 230 Å². The maximum Gasteiger partial charge on any atom is 0.295 e. The van der Waals surface area contributed by atoms with Crippen molar-refractivity contribution >= 4 is 17.4 Å². The van der Waals surface area contributed by atoms with Crippen LogP contribution in [-0.4, -0.2) is 59.4 Å². The highest BCUT2D eigenvalue weighted by Crippen LogP contribution is 2.41. The monoisotopic (exact) mass is 528 g/mol. The first-order valence-corrected chi connectivity index (χ1v) is 13.5. The molecule has 0 aromatic heterocycles. The number of Topliss-reactive ketones (excluding diaryl/α,β-unsaturated/α-hetero) is 1. The molecule has 1 heterocycles. The Balaban J connectivity index is 1.73. The summed E-state index contributed by atoms with van der Waals surface area (Å²) in [4.78, 5) is 30.6. The van der Waals surface area contributed by atoms with E-state index in [1.807, 2.05) is 61.5 Å². The Morgan fingerprint density at radius 2 is 1.56 bits per heavy atom. The number of aliphatic hydroxyl groups is 1. The van der Waals surface area contributed by atoms with E-state index in [1.165, 1.54) is 0 Å². The van der Waals surface area contributed by atoms with Gasteiger partial charge in [0.25, 0.3) is 11.7 Å². The standard InChI is InChI=1S/C32H36N2O5/c1-4-33(5-2)20-11-21-34-29(24-12-10-15-27(22-24)39-26-13-8-7-9-14-26)28(31(36)32(34)37)30(35)23-16-18-25(19-17-23)38-6-3/h7-10,12-19,22,29,35H,4-6,11,20-21H2,1-3H3. The van der Waals surface area contributed by atoms with Gasteiger partial charge in [-0.2, -0.15) is 0 Å². The molecule has 1 amide bonds. The van der Waals surface area contributed by atoms with Gasteiger partial charge in [-0.15, -0.1) is 0 Å². The Morgan fingerprint density at radius 3 is 2.23 bits per heavy atom. The predicted octanol–water partition coefficient (Wildman–Crippen LogP) is 6.03. The van der Waals surface area contributed by atoms with Crippen LogP contribution in [0.4, 0.5) is 0 Å². The van der Waals surface area contributed by atoms with Gasteiger partial charge in [0.2, 0.25) is 0 Å². The van der Waals surface area contributed by atoms with Crippen LogP contribution in [0.5, 0.6) is 17.2 Å². The van der Waals surface area contributed by atoms with Crippen molar-refractivity contribution in [2.45, 2.75) is 33.2 Å². The van der Waals surface area contributed by atoms with Crippen LogP contribution in [0, 0.1) is 0 Å². The minimum Gasteiger partial charge on any atom is -0.507 e. The lowest BCUT2D eigenvalue weighted by Gasteiger charge is -2.27. The van der Waals surface area contributed by atoms with Crippen LogP contribution < -0.4 is 9.47 Å². The molecule has 1 aliphatic heterocycles. The third-order valence-corrected chi connectivity index (χ3v) is 6.90. The number of likely N-dealkylation sites (tertiary alicyclic amines) is 1. The number of ether oxygens (including phenoxy) is 2. The molecule has 0 bridgehead atoms. The molecule has 1 atom stereocenters. The molecule has 204 valence electrons. The van der Waals surface area contributed by atoms with Gasteiger partial charge in [-0.05, 0) is 87.1 Å². The van der Waals surface area contributed by atoms with E-state index in [1.54, 1.807) is 29.2 Å². The van der Waals surface area contributed by atoms with Crippen molar-refractivity contribution in [1.82, 2.24) is 9.80 Å². The molecule has 0 spiro atoms. The summed E-state index contributed by atoms with van der Waals surface area (Å²) in [7, 11) is 0. The molecule has 1 aliphatic rings. The summed E-state index contributed by atoms with van der Waals surface area (Å²) in [6.07, 6.45) is 0.703. The van der Waals surface area contributed by atoms with Crippen LogP contribution in [0.3, 0.4) is 0 Å². The van der Waals surface area contributed by atoms with Crippen molar-refractivity contribution in [3.8, 4) is 17.2 Å². The van der Waals surface area contributed by atoms with E-state index in [0.717, 1.165) is 19.6 Å². The summed E-state index contributed by atoms with van der Waals surface area (Å²) < 4.78 is 11.5. The fourth-order valence-corrected chi connectivity index (χ4v) is 4.87. The molecule has 39 heavy (non-hydrogen) atoms. The SMILES string of the molecule is CCOc1ccc(C(O)=C2C(=O)C(=O)N(CCCN(CC)CC)C2c2cccc(Oc3ccccc3)c2)cc1. The van der Waals surface area contributed by atoms with Crippen LogP contribution in [-0.2, 0) is 9.59 Å². The van der Waals surface area contributed by atoms with Crippen LogP contribution in [0.25, 0.3) is 5.76 Å². The van der Waals surface area contributed by atoms with Crippen molar-refractivity contribution in [3.63, 3.8) is 0 Å². The topological polar surface area (TPSA) is 79.3 Å². The molecule has 0 aliphatic carbocycles. The van der Waals surface area contributed by atoms with Gasteiger partial charge in [-0.3, -0.25) is 9.59 Å². The van der Waals surface area contributed by atoms with Crippen molar-refractivity contribution in [2.24, 2.45) is 0 Å². The second kappa shape index (κ2) is 13.1. The number of hydrogen-bond donors (Lipinski definition) is 1. The zero-order valence-electron chi connectivity index (χ0n) is 22.8. The molecule has 1 saturated heterocycles. The number of para-hydroxylation sites is 1. The number of benzene rings is 3. The Hall–Kier alpha value is -4.10. The Bertz CT molecular complexity index is 1300. The Morgan fingerprint density at radius 1 is 0.872 bits per heavy atom. The average Bonchev–Trinajstić information content (AvgIpc) is 3.21. The number of carbonyl (C=O) groups is 2. The van der Waals surface area contributed by atoms with E-state index in [-0.39, 0.29) is 11.3 Å². The van der Waals surface area contributed by atoms with Gasteiger partial charge >= 0.3 is 0 Å². The molecule has 3 aromatic carbocycles. The van der Waals surface area contributed by atoms with Gasteiger partial charge in [-0.1, -0.05) is 44.2 Å². The molecule has 0 radical (unpaired) electrons. The molecule has 1 fully saturated rings. The maximum atomic E-state index is 13.4. The van der Waals surface area contributed by atoms with Crippen LogP contribution in [0.1, 0.15) is 44.4 Å². The smallest absolute Gasteiger partial charge is 0.295 e.